The van der Waals surface area contributed by atoms with E-state index in [9.17, 15) is 0 Å². The second kappa shape index (κ2) is 5.46. The molecule has 0 aliphatic heterocycles. The van der Waals surface area contributed by atoms with E-state index >= 15 is 0 Å². The van der Waals surface area contributed by atoms with Crippen molar-refractivity contribution in [2.75, 3.05) is 18.2 Å². The minimum Gasteiger partial charge on any atom is -0.481 e. The summed E-state index contributed by atoms with van der Waals surface area (Å²) in [5.41, 5.74) is 7.34. The van der Waals surface area contributed by atoms with Crippen molar-refractivity contribution < 1.29 is 4.74 Å². The van der Waals surface area contributed by atoms with E-state index in [4.69, 9.17) is 27.3 Å². The van der Waals surface area contributed by atoms with Crippen molar-refractivity contribution in [3.05, 3.63) is 40.9 Å². The van der Waals surface area contributed by atoms with E-state index in [0.717, 1.165) is 0 Å². The molecule has 0 aliphatic rings. The Bertz CT molecular complexity index is 652. The molecule has 6 heteroatoms. The number of anilines is 3. The quantitative estimate of drug-likeness (QED) is 0.899. The van der Waals surface area contributed by atoms with Crippen LogP contribution in [-0.2, 0) is 0 Å². The van der Waals surface area contributed by atoms with Gasteiger partial charge in [-0.1, -0.05) is 11.6 Å². The molecule has 1 aromatic heterocycles. The Morgan fingerprint density at radius 1 is 1.37 bits per heavy atom. The summed E-state index contributed by atoms with van der Waals surface area (Å²) < 4.78 is 5.03. The molecule has 0 saturated heterocycles. The lowest BCUT2D eigenvalue weighted by Gasteiger charge is -2.11. The smallest absolute Gasteiger partial charge is 0.215 e. The molecular weight excluding hydrogens is 264 g/mol. The van der Waals surface area contributed by atoms with E-state index < -0.39 is 0 Å². The van der Waals surface area contributed by atoms with E-state index in [0.29, 0.717) is 33.7 Å². The molecule has 0 bridgehead atoms. The largest absolute Gasteiger partial charge is 0.481 e. The molecule has 1 heterocycles. The topological polar surface area (TPSA) is 84.0 Å². The number of nitrogen functional groups attached to an aromatic ring is 1. The van der Waals surface area contributed by atoms with Crippen LogP contribution < -0.4 is 15.8 Å². The molecule has 0 aliphatic carbocycles. The number of methoxy groups -OCH3 is 1. The zero-order valence-corrected chi connectivity index (χ0v) is 10.9. The zero-order chi connectivity index (χ0) is 13.8. The summed E-state index contributed by atoms with van der Waals surface area (Å²) in [4.78, 5) is 4.18. The van der Waals surface area contributed by atoms with E-state index in [2.05, 4.69) is 10.3 Å². The maximum Gasteiger partial charge on any atom is 0.215 e. The van der Waals surface area contributed by atoms with Gasteiger partial charge < -0.3 is 15.8 Å². The third kappa shape index (κ3) is 2.87. The zero-order valence-electron chi connectivity index (χ0n) is 10.1. The lowest BCUT2D eigenvalue weighted by molar-refractivity contribution is 0.398. The molecular formula is C13H11ClN4O. The summed E-state index contributed by atoms with van der Waals surface area (Å²) >= 11 is 6.06. The first kappa shape index (κ1) is 13.0. The third-order valence-corrected chi connectivity index (χ3v) is 2.79. The molecule has 3 N–H and O–H groups in total. The Morgan fingerprint density at radius 3 is 2.84 bits per heavy atom. The number of hydrogen-bond acceptors (Lipinski definition) is 5. The van der Waals surface area contributed by atoms with Gasteiger partial charge in [-0.3, -0.25) is 0 Å². The van der Waals surface area contributed by atoms with Crippen molar-refractivity contribution >= 4 is 28.8 Å². The molecule has 0 saturated carbocycles. The standard InChI is InChI=1S/C13H11ClN4O/c1-19-12-5-4-10(16)13(18-12)17-11-6-8(7-15)2-3-9(11)14/h2-6H,16H2,1H3,(H,17,18). The van der Waals surface area contributed by atoms with Crippen LogP contribution in [0.4, 0.5) is 17.2 Å². The van der Waals surface area contributed by atoms with Crippen LogP contribution in [0.25, 0.3) is 0 Å². The highest BCUT2D eigenvalue weighted by Crippen LogP contribution is 2.29. The molecule has 0 unspecified atom stereocenters. The van der Waals surface area contributed by atoms with Gasteiger partial charge in [-0.05, 0) is 24.3 Å². The predicted octanol–water partition coefficient (Wildman–Crippen LogP) is 2.94. The van der Waals surface area contributed by atoms with Crippen LogP contribution in [0, 0.1) is 11.3 Å². The van der Waals surface area contributed by atoms with Crippen molar-refractivity contribution in [3.8, 4) is 11.9 Å². The second-order valence-electron chi connectivity index (χ2n) is 3.72. The first-order valence-electron chi connectivity index (χ1n) is 5.41. The fourth-order valence-corrected chi connectivity index (χ4v) is 1.65. The summed E-state index contributed by atoms with van der Waals surface area (Å²) in [5.74, 6) is 0.862. The Morgan fingerprint density at radius 2 is 2.16 bits per heavy atom. The molecule has 19 heavy (non-hydrogen) atoms. The minimum atomic E-state index is 0.427. The number of pyridine rings is 1. The van der Waals surface area contributed by atoms with Crippen molar-refractivity contribution in [1.29, 1.82) is 5.26 Å². The normalized spacial score (nSPS) is 9.74. The average molecular weight is 275 g/mol. The summed E-state index contributed by atoms with van der Waals surface area (Å²) in [6, 6.07) is 10.3. The second-order valence-corrected chi connectivity index (χ2v) is 4.13. The van der Waals surface area contributed by atoms with Gasteiger partial charge in [-0.2, -0.15) is 10.2 Å². The molecule has 5 nitrogen and oxygen atoms in total. The molecule has 0 atom stereocenters. The van der Waals surface area contributed by atoms with Crippen LogP contribution >= 0.6 is 11.6 Å². The van der Waals surface area contributed by atoms with Crippen LogP contribution in [-0.4, -0.2) is 12.1 Å². The molecule has 2 rings (SSSR count). The summed E-state index contributed by atoms with van der Waals surface area (Å²) in [5, 5.41) is 12.3. The summed E-state index contributed by atoms with van der Waals surface area (Å²) in [7, 11) is 1.52. The molecule has 96 valence electrons. The van der Waals surface area contributed by atoms with E-state index in [1.807, 2.05) is 6.07 Å². The fourth-order valence-electron chi connectivity index (χ4n) is 1.48. The number of nitrogens with zero attached hydrogens (tertiary/aromatic N) is 2. The highest BCUT2D eigenvalue weighted by atomic mass is 35.5. The van der Waals surface area contributed by atoms with Gasteiger partial charge in [-0.15, -0.1) is 0 Å². The minimum absolute atomic E-state index is 0.427. The Kier molecular flexibility index (Phi) is 3.74. The number of nitrogens with two attached hydrogens (primary N) is 1. The Labute approximate surface area is 115 Å². The van der Waals surface area contributed by atoms with Crippen LogP contribution in [0.3, 0.4) is 0 Å². The highest BCUT2D eigenvalue weighted by Gasteiger charge is 2.07. The first-order chi connectivity index (χ1) is 9.13. The molecule has 0 fully saturated rings. The molecule has 0 radical (unpaired) electrons. The number of halogens is 1. The SMILES string of the molecule is COc1ccc(N)c(Nc2cc(C#N)ccc2Cl)n1. The lowest BCUT2D eigenvalue weighted by atomic mass is 10.2. The van der Waals surface area contributed by atoms with Crippen molar-refractivity contribution in [1.82, 2.24) is 4.98 Å². The fraction of sp³-hybridized carbons (Fsp3) is 0.0769. The van der Waals surface area contributed by atoms with Gasteiger partial charge >= 0.3 is 0 Å². The molecule has 1 aromatic carbocycles. The van der Waals surface area contributed by atoms with Crippen LogP contribution in [0.1, 0.15) is 5.56 Å². The summed E-state index contributed by atoms with van der Waals surface area (Å²) in [6.45, 7) is 0. The Balaban J connectivity index is 2.38. The lowest BCUT2D eigenvalue weighted by Crippen LogP contribution is -2.01. The van der Waals surface area contributed by atoms with Gasteiger partial charge in [0.25, 0.3) is 0 Å². The highest BCUT2D eigenvalue weighted by molar-refractivity contribution is 6.33. The van der Waals surface area contributed by atoms with Gasteiger partial charge in [0.05, 0.1) is 35.1 Å². The number of nitrogens with one attached hydrogen (secondary N) is 1. The van der Waals surface area contributed by atoms with Gasteiger partial charge in [-0.25, -0.2) is 0 Å². The Hall–Kier alpha value is -2.45. The maximum absolute atomic E-state index is 8.87. The summed E-state index contributed by atoms with van der Waals surface area (Å²) in [6.07, 6.45) is 0. The maximum atomic E-state index is 8.87. The van der Waals surface area contributed by atoms with Crippen molar-refractivity contribution in [3.63, 3.8) is 0 Å². The van der Waals surface area contributed by atoms with Gasteiger partial charge in [0, 0.05) is 6.07 Å². The van der Waals surface area contributed by atoms with Crippen LogP contribution in [0.2, 0.25) is 5.02 Å². The van der Waals surface area contributed by atoms with Gasteiger partial charge in [0.1, 0.15) is 0 Å². The van der Waals surface area contributed by atoms with Crippen LogP contribution in [0.5, 0.6) is 5.88 Å². The van der Waals surface area contributed by atoms with Gasteiger partial charge in [0.15, 0.2) is 5.82 Å². The monoisotopic (exact) mass is 274 g/mol. The number of rotatable bonds is 3. The molecule has 0 spiro atoms. The number of nitriles is 1. The number of ether oxygens (including phenoxy) is 1. The van der Waals surface area contributed by atoms with Crippen molar-refractivity contribution in [2.24, 2.45) is 0 Å². The number of hydrogen-bond donors (Lipinski definition) is 2. The van der Waals surface area contributed by atoms with E-state index in [-0.39, 0.29) is 0 Å². The average Bonchev–Trinajstić information content (AvgIpc) is 2.43. The first-order valence-corrected chi connectivity index (χ1v) is 5.79. The third-order valence-electron chi connectivity index (χ3n) is 2.46. The number of aromatic nitrogens is 1. The molecule has 2 aromatic rings. The predicted molar refractivity (Wildman–Crippen MR) is 74.7 cm³/mol. The molecule has 0 amide bonds. The van der Waals surface area contributed by atoms with Gasteiger partial charge in [0.2, 0.25) is 5.88 Å². The van der Waals surface area contributed by atoms with Crippen molar-refractivity contribution in [2.45, 2.75) is 0 Å². The van der Waals surface area contributed by atoms with E-state index in [1.165, 1.54) is 7.11 Å². The van der Waals surface area contributed by atoms with E-state index in [1.54, 1.807) is 30.3 Å². The van der Waals surface area contributed by atoms with Crippen LogP contribution in [0.15, 0.2) is 30.3 Å². The number of benzene rings is 1.